The van der Waals surface area contributed by atoms with Crippen LogP contribution < -0.4 is 11.1 Å². The fourth-order valence-corrected chi connectivity index (χ4v) is 5.41. The number of nitrogens with one attached hydrogen (secondary N) is 1. The Morgan fingerprint density at radius 2 is 2.12 bits per heavy atom. The molecule has 0 bridgehead atoms. The van der Waals surface area contributed by atoms with Gasteiger partial charge in [0.1, 0.15) is 22.8 Å². The number of oxime groups is 1. The predicted octanol–water partition coefficient (Wildman–Crippen LogP) is 0.792. The number of rotatable bonds is 9. The highest BCUT2D eigenvalue weighted by atomic mass is 32.2. The maximum Gasteiger partial charge on any atom is 0.354 e. The summed E-state index contributed by atoms with van der Waals surface area (Å²) in [5.41, 5.74) is 6.43. The number of thioether (sulfide) groups is 1. The first kappa shape index (κ1) is 25.5. The minimum Gasteiger partial charge on any atom is -0.478 e. The van der Waals surface area contributed by atoms with E-state index in [1.54, 1.807) is 13.8 Å². The number of amides is 2. The van der Waals surface area contributed by atoms with Crippen molar-refractivity contribution in [2.45, 2.75) is 44.7 Å². The van der Waals surface area contributed by atoms with Gasteiger partial charge in [0.05, 0.1) is 7.11 Å². The zero-order valence-corrected chi connectivity index (χ0v) is 20.6. The monoisotopic (exact) mass is 511 g/mol. The molecule has 0 saturated carbocycles. The maximum atomic E-state index is 13.1. The number of carboxylic acids is 1. The molecule has 184 valence electrons. The Labute approximate surface area is 203 Å². The first-order valence-electron chi connectivity index (χ1n) is 10.3. The Morgan fingerprint density at radius 1 is 1.41 bits per heavy atom. The van der Waals surface area contributed by atoms with Crippen LogP contribution in [0, 0.1) is 5.92 Å². The molecule has 0 unspecified atom stereocenters. The second-order valence-corrected chi connectivity index (χ2v) is 9.77. The van der Waals surface area contributed by atoms with Crippen LogP contribution in [0.5, 0.6) is 0 Å². The Hall–Kier alpha value is -3.13. The molecule has 2 aliphatic heterocycles. The largest absolute Gasteiger partial charge is 0.478 e. The molecule has 3 rings (SSSR count). The van der Waals surface area contributed by atoms with Gasteiger partial charge in [-0.05, 0) is 12.0 Å². The summed E-state index contributed by atoms with van der Waals surface area (Å²) in [6, 6.07) is -0.933. The van der Waals surface area contributed by atoms with Gasteiger partial charge in [0, 0.05) is 17.1 Å². The number of ether oxygens (including phenoxy) is 1. The van der Waals surface area contributed by atoms with E-state index in [0.29, 0.717) is 12.2 Å². The third-order valence-electron chi connectivity index (χ3n) is 5.23. The van der Waals surface area contributed by atoms with Crippen LogP contribution in [-0.4, -0.2) is 74.8 Å². The van der Waals surface area contributed by atoms with Crippen LogP contribution in [0.3, 0.4) is 0 Å². The lowest BCUT2D eigenvalue weighted by molar-refractivity contribution is -0.153. The molecule has 2 amide bonds. The number of hydrogen-bond acceptors (Lipinski definition) is 11. The van der Waals surface area contributed by atoms with Gasteiger partial charge in [-0.15, -0.1) is 23.1 Å². The van der Waals surface area contributed by atoms with E-state index in [1.165, 1.54) is 29.2 Å². The predicted molar refractivity (Wildman–Crippen MR) is 125 cm³/mol. The van der Waals surface area contributed by atoms with Gasteiger partial charge in [0.15, 0.2) is 10.8 Å². The number of nitrogen functional groups attached to an aromatic ring is 1. The molecule has 0 radical (unpaired) electrons. The fraction of sp³-hybridized carbons (Fsp3) is 0.500. The van der Waals surface area contributed by atoms with Crippen molar-refractivity contribution < 1.29 is 33.9 Å². The molecule has 3 atom stereocenters. The van der Waals surface area contributed by atoms with Gasteiger partial charge in [-0.1, -0.05) is 25.9 Å². The van der Waals surface area contributed by atoms with Crippen molar-refractivity contribution in [2.24, 2.45) is 11.1 Å². The third-order valence-corrected chi connectivity index (χ3v) is 7.24. The van der Waals surface area contributed by atoms with Crippen molar-refractivity contribution >= 4 is 57.7 Å². The van der Waals surface area contributed by atoms with E-state index in [2.05, 4.69) is 15.5 Å². The average Bonchev–Trinajstić information content (AvgIpc) is 3.23. The van der Waals surface area contributed by atoms with E-state index < -0.39 is 47.2 Å². The van der Waals surface area contributed by atoms with Crippen molar-refractivity contribution in [3.8, 4) is 0 Å². The first-order valence-corrected chi connectivity index (χ1v) is 12.3. The number of nitrogens with two attached hydrogens (primary N) is 1. The molecule has 2 aliphatic rings. The molecule has 14 heteroatoms. The highest BCUT2D eigenvalue weighted by Gasteiger charge is 2.54. The van der Waals surface area contributed by atoms with Gasteiger partial charge in [-0.2, -0.15) is 0 Å². The summed E-state index contributed by atoms with van der Waals surface area (Å²) in [5.74, 6) is -3.04. The number of carbonyl (C=O) groups excluding carboxylic acids is 3. The molecule has 1 fully saturated rings. The first-order chi connectivity index (χ1) is 16.1. The van der Waals surface area contributed by atoms with Gasteiger partial charge in [0.2, 0.25) is 6.10 Å². The lowest BCUT2D eigenvalue weighted by Gasteiger charge is -2.49. The maximum absolute atomic E-state index is 13.1. The summed E-state index contributed by atoms with van der Waals surface area (Å²) >= 11 is 2.47. The number of thiazole rings is 1. The molecular formula is C20H25N5O7S2. The molecule has 12 nitrogen and oxygen atoms in total. The molecule has 0 spiro atoms. The SMILES string of the molecule is CCC1=C(C(=O)OC)N2C(=O)[C@@H](NC(=O)/C(=N\O[C@H](C(=O)O)C(C)C)c3csc(N)n3)[C@H]2SC1. The van der Waals surface area contributed by atoms with Gasteiger partial charge < -0.3 is 25.7 Å². The number of anilines is 1. The molecule has 34 heavy (non-hydrogen) atoms. The van der Waals surface area contributed by atoms with Crippen LogP contribution in [-0.2, 0) is 28.8 Å². The summed E-state index contributed by atoms with van der Waals surface area (Å²) in [5, 5.41) is 16.8. The Morgan fingerprint density at radius 3 is 2.65 bits per heavy atom. The van der Waals surface area contributed by atoms with Crippen molar-refractivity contribution in [2.75, 3.05) is 18.6 Å². The smallest absolute Gasteiger partial charge is 0.354 e. The molecular weight excluding hydrogens is 486 g/mol. The number of nitrogens with zero attached hydrogens (tertiary/aromatic N) is 3. The molecule has 1 saturated heterocycles. The van der Waals surface area contributed by atoms with Gasteiger partial charge in [-0.3, -0.25) is 14.5 Å². The van der Waals surface area contributed by atoms with Gasteiger partial charge >= 0.3 is 11.9 Å². The normalized spacial score (nSPS) is 21.0. The molecule has 0 aliphatic carbocycles. The Kier molecular flexibility index (Phi) is 7.82. The lowest BCUT2D eigenvalue weighted by Crippen LogP contribution is -2.71. The molecule has 1 aromatic rings. The summed E-state index contributed by atoms with van der Waals surface area (Å²) in [7, 11) is 1.24. The number of carboxylic acid groups (broad SMARTS) is 1. The molecule has 0 aromatic carbocycles. The van der Waals surface area contributed by atoms with E-state index >= 15 is 0 Å². The number of fused-ring (bicyclic) bond motifs is 1. The quantitative estimate of drug-likeness (QED) is 0.186. The zero-order valence-electron chi connectivity index (χ0n) is 18.9. The van der Waals surface area contributed by atoms with E-state index in [-0.39, 0.29) is 22.2 Å². The number of aromatic nitrogens is 1. The highest BCUT2D eigenvalue weighted by molar-refractivity contribution is 8.00. The average molecular weight is 512 g/mol. The molecule has 3 heterocycles. The number of β-lactam (4-membered cyclic amide) rings is 1. The van der Waals surface area contributed by atoms with Gasteiger partial charge in [-0.25, -0.2) is 14.6 Å². The lowest BCUT2D eigenvalue weighted by atomic mass is 10.0. The minimum atomic E-state index is -1.30. The highest BCUT2D eigenvalue weighted by Crippen LogP contribution is 2.41. The van der Waals surface area contributed by atoms with Crippen LogP contribution in [0.4, 0.5) is 5.13 Å². The minimum absolute atomic E-state index is 0.0798. The van der Waals surface area contributed by atoms with Crippen LogP contribution >= 0.6 is 23.1 Å². The van der Waals surface area contributed by atoms with Crippen LogP contribution in [0.25, 0.3) is 0 Å². The number of hydrogen-bond donors (Lipinski definition) is 3. The Balaban J connectivity index is 1.83. The van der Waals surface area contributed by atoms with E-state index in [4.69, 9.17) is 15.3 Å². The standard InChI is InChI=1S/C20H25N5O7S2/c1-5-9-6-33-17-12(16(27)25(17)13(9)19(30)31-4)23-15(26)11(10-7-34-20(21)22-10)24-32-14(8(2)3)18(28)29/h7-8,12,14,17H,5-6H2,1-4H3,(H2,21,22)(H,23,26)(H,28,29)/b24-11-/t12-,14+,17-/m1/s1. The summed E-state index contributed by atoms with van der Waals surface area (Å²) in [6.45, 7) is 5.15. The van der Waals surface area contributed by atoms with E-state index in [9.17, 15) is 24.3 Å². The van der Waals surface area contributed by atoms with Crippen molar-refractivity contribution in [1.29, 1.82) is 0 Å². The van der Waals surface area contributed by atoms with E-state index in [0.717, 1.165) is 16.9 Å². The topological polar surface area (TPSA) is 174 Å². The fourth-order valence-electron chi connectivity index (χ4n) is 3.41. The Bertz CT molecular complexity index is 1070. The number of methoxy groups -OCH3 is 1. The van der Waals surface area contributed by atoms with Crippen LogP contribution in [0.2, 0.25) is 0 Å². The van der Waals surface area contributed by atoms with Crippen LogP contribution in [0.15, 0.2) is 21.8 Å². The summed E-state index contributed by atoms with van der Waals surface area (Å²) < 4.78 is 4.84. The van der Waals surface area contributed by atoms with Crippen molar-refractivity contribution in [1.82, 2.24) is 15.2 Å². The zero-order chi connectivity index (χ0) is 25.2. The second-order valence-electron chi connectivity index (χ2n) is 7.78. The molecule has 4 N–H and O–H groups in total. The van der Waals surface area contributed by atoms with Crippen molar-refractivity contribution in [3.63, 3.8) is 0 Å². The van der Waals surface area contributed by atoms with Crippen molar-refractivity contribution in [3.05, 3.63) is 22.3 Å². The molecule has 1 aromatic heterocycles. The summed E-state index contributed by atoms with van der Waals surface area (Å²) in [6.07, 6.45) is -0.723. The number of esters is 1. The second kappa shape index (κ2) is 10.4. The van der Waals surface area contributed by atoms with Gasteiger partial charge in [0.25, 0.3) is 11.8 Å². The summed E-state index contributed by atoms with van der Waals surface area (Å²) in [4.78, 5) is 60.2. The van der Waals surface area contributed by atoms with Crippen LogP contribution in [0.1, 0.15) is 32.9 Å². The van der Waals surface area contributed by atoms with E-state index in [1.807, 2.05) is 6.92 Å². The number of carbonyl (C=O) groups is 4. The third kappa shape index (κ3) is 4.87. The number of aliphatic carboxylic acids is 1.